The fourth-order valence-corrected chi connectivity index (χ4v) is 17.1. The summed E-state index contributed by atoms with van der Waals surface area (Å²) >= 11 is 0. The van der Waals surface area contributed by atoms with Gasteiger partial charge in [0, 0.05) is 30.5 Å². The lowest BCUT2D eigenvalue weighted by atomic mass is 9.32. The lowest BCUT2D eigenvalue weighted by Gasteiger charge is -2.73. The highest BCUT2D eigenvalue weighted by molar-refractivity contribution is 5.85. The van der Waals surface area contributed by atoms with Crippen LogP contribution in [0.1, 0.15) is 144 Å². The number of carbonyl (C=O) groups is 4. The predicted octanol–water partition coefficient (Wildman–Crippen LogP) is 9.96. The number of nitrogens with one attached hydrogen (secondary N) is 1. The number of morpholine rings is 1. The molecule has 1 aromatic rings. The minimum absolute atomic E-state index is 0.0212. The topological polar surface area (TPSA) is 111 Å². The van der Waals surface area contributed by atoms with Crippen molar-refractivity contribution in [3.63, 3.8) is 0 Å². The van der Waals surface area contributed by atoms with Crippen LogP contribution in [0.2, 0.25) is 0 Å². The number of hydrogen-bond donors (Lipinski definition) is 1. The summed E-state index contributed by atoms with van der Waals surface area (Å²) in [4.78, 5) is 57.3. The van der Waals surface area contributed by atoms with Gasteiger partial charge in [0.1, 0.15) is 12.7 Å². The van der Waals surface area contributed by atoms with Crippen LogP contribution in [0.5, 0.6) is 0 Å². The van der Waals surface area contributed by atoms with E-state index in [0.29, 0.717) is 62.3 Å². The van der Waals surface area contributed by atoms with Gasteiger partial charge in [0.2, 0.25) is 11.8 Å². The van der Waals surface area contributed by atoms with Crippen molar-refractivity contribution in [2.75, 3.05) is 26.3 Å². The molecule has 7 saturated carbocycles. The van der Waals surface area contributed by atoms with E-state index in [4.69, 9.17) is 14.2 Å². The Hall–Kier alpha value is -3.20. The smallest absolute Gasteiger partial charge is 0.309 e. The van der Waals surface area contributed by atoms with E-state index in [-0.39, 0.29) is 99.2 Å². The molecule has 0 radical (unpaired) electrons. The van der Waals surface area contributed by atoms with Crippen molar-refractivity contribution in [3.8, 4) is 0 Å². The number of benzene rings is 1. The molecular weight excluding hydrogens is 801 g/mol. The molecular formula is C55H80N2O7. The highest BCUT2D eigenvalue weighted by Crippen LogP contribution is 2.77. The summed E-state index contributed by atoms with van der Waals surface area (Å²) in [6.07, 6.45) is 12.7. The third-order valence-corrected chi connectivity index (χ3v) is 21.2. The van der Waals surface area contributed by atoms with Gasteiger partial charge in [-0.3, -0.25) is 19.2 Å². The molecule has 352 valence electrons. The maximum absolute atomic E-state index is 15.0. The highest BCUT2D eigenvalue weighted by Gasteiger charge is 2.72. The average Bonchev–Trinajstić information content (AvgIpc) is 3.63. The van der Waals surface area contributed by atoms with E-state index in [1.165, 1.54) is 12.0 Å². The molecule has 0 spiro atoms. The largest absolute Gasteiger partial charge is 0.462 e. The summed E-state index contributed by atoms with van der Waals surface area (Å²) in [5.41, 5.74) is 2.03. The van der Waals surface area contributed by atoms with E-state index in [1.807, 2.05) is 42.2 Å². The highest BCUT2D eigenvalue weighted by atomic mass is 16.5. The molecule has 0 aromatic heterocycles. The summed E-state index contributed by atoms with van der Waals surface area (Å²) in [7, 11) is 0. The zero-order valence-corrected chi connectivity index (χ0v) is 40.6. The number of allylic oxidation sites excluding steroid dienone is 1. The summed E-state index contributed by atoms with van der Waals surface area (Å²) in [5.74, 6) is 1.89. The Bertz CT molecular complexity index is 1980. The van der Waals surface area contributed by atoms with Gasteiger partial charge in [-0.25, -0.2) is 0 Å². The summed E-state index contributed by atoms with van der Waals surface area (Å²) in [5, 5.41) is 3.62. The van der Waals surface area contributed by atoms with Gasteiger partial charge in [0.15, 0.2) is 0 Å². The molecule has 16 atom stereocenters. The number of ether oxygens (including phenoxy) is 3. The van der Waals surface area contributed by atoms with Crippen LogP contribution in [0.25, 0.3) is 0 Å². The molecule has 64 heavy (non-hydrogen) atoms. The number of amides is 2. The zero-order chi connectivity index (χ0) is 45.6. The second kappa shape index (κ2) is 16.8. The lowest BCUT2D eigenvalue weighted by Crippen LogP contribution is -2.68. The molecule has 9 heteroatoms. The van der Waals surface area contributed by atoms with Crippen LogP contribution < -0.4 is 5.32 Å². The standard InChI is InChI=1S/C55H80N2O7/c1-33(2)29-37-17-22-55(50(61)56-42-31-38(35(42)4)47(58)57-25-27-62-28-26-57)24-23-53(8)41(46(37)55)15-16-44-52(7)20-19-45(51(5,6)43(52)18-21-54(44,53)9)64-49(60)40-30-39(34(40)3)48(59)63-32-36-13-11-10-12-14-36/h10-14,34-35,37-46H,1,15-32H2,2-9H3,(H,56,61). The number of carbonyl (C=O) groups excluding carboxylic acids is 4. The number of esters is 2. The van der Waals surface area contributed by atoms with E-state index in [2.05, 4.69) is 60.4 Å². The van der Waals surface area contributed by atoms with Crippen molar-refractivity contribution in [1.82, 2.24) is 10.2 Å². The van der Waals surface area contributed by atoms with Crippen LogP contribution in [0.4, 0.5) is 0 Å². The van der Waals surface area contributed by atoms with Gasteiger partial charge >= 0.3 is 11.9 Å². The first-order chi connectivity index (χ1) is 30.4. The lowest BCUT2D eigenvalue weighted by molar-refractivity contribution is -0.251. The van der Waals surface area contributed by atoms with Gasteiger partial charge in [-0.15, -0.1) is 6.58 Å². The molecule has 0 bridgehead atoms. The summed E-state index contributed by atoms with van der Waals surface area (Å²) < 4.78 is 17.7. The van der Waals surface area contributed by atoms with Gasteiger partial charge in [-0.1, -0.05) is 84.4 Å². The molecule has 8 aliphatic rings. The normalized spacial score (nSPS) is 44.3. The summed E-state index contributed by atoms with van der Waals surface area (Å²) in [6.45, 7) is 26.2. The number of hydrogen-bond acceptors (Lipinski definition) is 7. The second-order valence-corrected chi connectivity index (χ2v) is 24.2. The monoisotopic (exact) mass is 881 g/mol. The van der Waals surface area contributed by atoms with Gasteiger partial charge in [-0.05, 0) is 154 Å². The first-order valence-electron chi connectivity index (χ1n) is 25.6. The number of nitrogens with zero attached hydrogens (tertiary/aromatic N) is 1. The molecule has 1 N–H and O–H groups in total. The predicted molar refractivity (Wildman–Crippen MR) is 247 cm³/mol. The fourth-order valence-electron chi connectivity index (χ4n) is 17.1. The van der Waals surface area contributed by atoms with Gasteiger partial charge < -0.3 is 24.4 Å². The Morgan fingerprint density at radius 2 is 1.50 bits per heavy atom. The molecule has 1 heterocycles. The molecule has 2 amide bonds. The average molecular weight is 881 g/mol. The van der Waals surface area contributed by atoms with Crippen molar-refractivity contribution < 1.29 is 33.4 Å². The van der Waals surface area contributed by atoms with Gasteiger partial charge in [0.05, 0.1) is 30.5 Å². The maximum atomic E-state index is 15.0. The number of fused-ring (bicyclic) bond motifs is 7. The minimum atomic E-state index is -0.363. The second-order valence-electron chi connectivity index (χ2n) is 24.2. The Morgan fingerprint density at radius 3 is 2.19 bits per heavy atom. The third-order valence-electron chi connectivity index (χ3n) is 21.2. The molecule has 7 aliphatic carbocycles. The fraction of sp³-hybridized carbons (Fsp3) is 0.782. The van der Waals surface area contributed by atoms with E-state index >= 15 is 4.79 Å². The Balaban J connectivity index is 0.870. The molecule has 9 rings (SSSR count). The minimum Gasteiger partial charge on any atom is -0.462 e. The first-order valence-corrected chi connectivity index (χ1v) is 25.6. The molecule has 1 saturated heterocycles. The van der Waals surface area contributed by atoms with Crippen molar-refractivity contribution in [2.24, 2.45) is 86.3 Å². The molecule has 8 fully saturated rings. The van der Waals surface area contributed by atoms with E-state index < -0.39 is 0 Å². The summed E-state index contributed by atoms with van der Waals surface area (Å²) in [6, 6.07) is 9.79. The molecule has 1 aliphatic heterocycles. The Labute approximate surface area is 384 Å². The van der Waals surface area contributed by atoms with E-state index in [0.717, 1.165) is 76.2 Å². The Kier molecular flexibility index (Phi) is 12.1. The van der Waals surface area contributed by atoms with Crippen molar-refractivity contribution in [1.29, 1.82) is 0 Å². The SMILES string of the molecule is C=C(C)CC1CCC2(C(=O)NC3CC(C(=O)N4CCOCC4)C3C)CCC3(C)C(CCC4C5(C)CCC(OC(=O)C6CC(C(=O)OCc7ccccc7)C6C)C(C)(C)C5CCC43C)C12. The number of rotatable bonds is 10. The van der Waals surface area contributed by atoms with Gasteiger partial charge in [-0.2, -0.15) is 0 Å². The quantitative estimate of drug-likeness (QED) is 0.184. The van der Waals surface area contributed by atoms with Gasteiger partial charge in [0.25, 0.3) is 0 Å². The Morgan fingerprint density at radius 1 is 0.781 bits per heavy atom. The van der Waals surface area contributed by atoms with E-state index in [9.17, 15) is 14.4 Å². The molecule has 9 nitrogen and oxygen atoms in total. The van der Waals surface area contributed by atoms with Crippen LogP contribution >= 0.6 is 0 Å². The molecule has 1 aromatic carbocycles. The third kappa shape index (κ3) is 7.23. The van der Waals surface area contributed by atoms with Crippen LogP contribution in [-0.2, 0) is 40.0 Å². The molecule has 16 unspecified atom stereocenters. The van der Waals surface area contributed by atoms with Crippen molar-refractivity contribution >= 4 is 23.8 Å². The van der Waals surface area contributed by atoms with Crippen molar-refractivity contribution in [2.45, 2.75) is 158 Å². The van der Waals surface area contributed by atoms with Crippen LogP contribution in [0, 0.1) is 86.3 Å². The van der Waals surface area contributed by atoms with Crippen molar-refractivity contribution in [3.05, 3.63) is 48.0 Å². The maximum Gasteiger partial charge on any atom is 0.309 e. The van der Waals surface area contributed by atoms with E-state index in [1.54, 1.807) is 0 Å². The first kappa shape index (κ1) is 45.9. The van der Waals surface area contributed by atoms with Crippen LogP contribution in [-0.4, -0.2) is 67.1 Å². The zero-order valence-electron chi connectivity index (χ0n) is 40.6. The van der Waals surface area contributed by atoms with Crippen LogP contribution in [0.3, 0.4) is 0 Å². The van der Waals surface area contributed by atoms with Crippen LogP contribution in [0.15, 0.2) is 42.5 Å².